The molecule has 1 atom stereocenters. The monoisotopic (exact) mass is 257 g/mol. The Morgan fingerprint density at radius 1 is 1.39 bits per heavy atom. The van der Waals surface area contributed by atoms with E-state index < -0.39 is 17.4 Å². The van der Waals surface area contributed by atoms with E-state index >= 15 is 0 Å². The van der Waals surface area contributed by atoms with Crippen molar-refractivity contribution in [2.45, 2.75) is 25.5 Å². The van der Waals surface area contributed by atoms with Crippen LogP contribution in [0.4, 0.5) is 8.78 Å². The number of ether oxygens (including phenoxy) is 1. The third-order valence-corrected chi connectivity index (χ3v) is 3.28. The highest BCUT2D eigenvalue weighted by atomic mass is 19.1. The molecule has 1 fully saturated rings. The van der Waals surface area contributed by atoms with Gasteiger partial charge in [-0.2, -0.15) is 0 Å². The summed E-state index contributed by atoms with van der Waals surface area (Å²) in [5.74, 6) is -2.73. The molecule has 0 saturated carbocycles. The number of methoxy groups -OCH3 is 1. The number of halogens is 2. The summed E-state index contributed by atoms with van der Waals surface area (Å²) in [5.41, 5.74) is 0.527. The topological polar surface area (TPSA) is 32.7 Å². The number of nitrogens with zero attached hydrogens (tertiary/aromatic N) is 1. The van der Waals surface area contributed by atoms with Crippen molar-refractivity contribution in [2.75, 3.05) is 20.2 Å². The van der Waals surface area contributed by atoms with Gasteiger partial charge in [0.2, 0.25) is 0 Å². The number of piperidine rings is 1. The van der Waals surface area contributed by atoms with Crippen molar-refractivity contribution in [1.29, 1.82) is 0 Å². The first-order chi connectivity index (χ1) is 8.60. The Balaban J connectivity index is 2.05. The number of benzene rings is 1. The molecule has 5 heteroatoms. The molecule has 1 aliphatic heterocycles. The fourth-order valence-corrected chi connectivity index (χ4v) is 2.32. The molecule has 0 amide bonds. The van der Waals surface area contributed by atoms with Crippen LogP contribution in [0.3, 0.4) is 0 Å². The largest absolute Gasteiger partial charge is 0.503 e. The van der Waals surface area contributed by atoms with Crippen LogP contribution in [0.2, 0.25) is 0 Å². The lowest BCUT2D eigenvalue weighted by molar-refractivity contribution is 0.0285. The van der Waals surface area contributed by atoms with Crippen molar-refractivity contribution < 1.29 is 18.6 Å². The maximum atomic E-state index is 13.2. The molecule has 0 spiro atoms. The van der Waals surface area contributed by atoms with E-state index in [1.165, 1.54) is 12.1 Å². The summed E-state index contributed by atoms with van der Waals surface area (Å²) in [6.07, 6.45) is 2.22. The van der Waals surface area contributed by atoms with Gasteiger partial charge in [0, 0.05) is 20.2 Å². The SMILES string of the molecule is COC1CCCN(Cc2cc(F)c(O)c(F)c2)C1. The predicted molar refractivity (Wildman–Crippen MR) is 63.3 cm³/mol. The summed E-state index contributed by atoms with van der Waals surface area (Å²) in [6, 6.07) is 2.35. The Labute approximate surface area is 105 Å². The van der Waals surface area contributed by atoms with Crippen molar-refractivity contribution >= 4 is 0 Å². The second kappa shape index (κ2) is 5.63. The zero-order valence-corrected chi connectivity index (χ0v) is 10.3. The number of hydrogen-bond acceptors (Lipinski definition) is 3. The van der Waals surface area contributed by atoms with Crippen molar-refractivity contribution in [3.8, 4) is 5.75 Å². The van der Waals surface area contributed by atoms with Gasteiger partial charge in [0.25, 0.3) is 0 Å². The molecule has 1 aromatic carbocycles. The van der Waals surface area contributed by atoms with Crippen LogP contribution in [0.5, 0.6) is 5.75 Å². The second-order valence-corrected chi connectivity index (χ2v) is 4.64. The van der Waals surface area contributed by atoms with Gasteiger partial charge in [-0.15, -0.1) is 0 Å². The molecule has 1 N–H and O–H groups in total. The number of phenolic OH excluding ortho intramolecular Hbond substituents is 1. The Bertz CT molecular complexity index is 402. The Morgan fingerprint density at radius 3 is 2.67 bits per heavy atom. The lowest BCUT2D eigenvalue weighted by atomic mass is 10.1. The van der Waals surface area contributed by atoms with Gasteiger partial charge in [-0.05, 0) is 37.1 Å². The first kappa shape index (κ1) is 13.2. The van der Waals surface area contributed by atoms with E-state index in [4.69, 9.17) is 9.84 Å². The zero-order chi connectivity index (χ0) is 13.1. The van der Waals surface area contributed by atoms with E-state index in [-0.39, 0.29) is 6.10 Å². The van der Waals surface area contributed by atoms with Gasteiger partial charge < -0.3 is 9.84 Å². The second-order valence-electron chi connectivity index (χ2n) is 4.64. The maximum absolute atomic E-state index is 13.2. The van der Waals surface area contributed by atoms with Crippen molar-refractivity contribution in [3.63, 3.8) is 0 Å². The average Bonchev–Trinajstić information content (AvgIpc) is 2.36. The number of phenols is 1. The number of hydrogen-bond donors (Lipinski definition) is 1. The molecular formula is C13H17F2NO2. The third-order valence-electron chi connectivity index (χ3n) is 3.28. The van der Waals surface area contributed by atoms with Gasteiger partial charge in [0.1, 0.15) is 0 Å². The fraction of sp³-hybridized carbons (Fsp3) is 0.538. The van der Waals surface area contributed by atoms with Gasteiger partial charge in [0.15, 0.2) is 17.4 Å². The van der Waals surface area contributed by atoms with Crippen LogP contribution >= 0.6 is 0 Å². The molecule has 1 saturated heterocycles. The molecule has 2 rings (SSSR count). The van der Waals surface area contributed by atoms with Crippen LogP contribution in [0, 0.1) is 11.6 Å². The summed E-state index contributed by atoms with van der Waals surface area (Å²) < 4.78 is 31.7. The highest BCUT2D eigenvalue weighted by Gasteiger charge is 2.20. The molecule has 0 aromatic heterocycles. The normalized spacial score (nSPS) is 21.2. The minimum atomic E-state index is -0.912. The molecule has 18 heavy (non-hydrogen) atoms. The summed E-state index contributed by atoms with van der Waals surface area (Å²) in [6.45, 7) is 2.12. The Hall–Kier alpha value is -1.20. The number of rotatable bonds is 3. The quantitative estimate of drug-likeness (QED) is 0.901. The standard InChI is InChI=1S/C13H17F2NO2/c1-18-10-3-2-4-16(8-10)7-9-5-11(14)13(17)12(15)6-9/h5-6,10,17H,2-4,7-8H2,1H3. The van der Waals surface area contributed by atoms with Crippen LogP contribution in [0.25, 0.3) is 0 Å². The van der Waals surface area contributed by atoms with Gasteiger partial charge >= 0.3 is 0 Å². The summed E-state index contributed by atoms with van der Waals surface area (Å²) in [7, 11) is 1.67. The smallest absolute Gasteiger partial charge is 0.187 e. The van der Waals surface area contributed by atoms with Crippen LogP contribution in [-0.4, -0.2) is 36.3 Å². The third kappa shape index (κ3) is 2.97. The molecule has 1 aromatic rings. The average molecular weight is 257 g/mol. The lowest BCUT2D eigenvalue weighted by Gasteiger charge is -2.31. The zero-order valence-electron chi connectivity index (χ0n) is 10.3. The van der Waals surface area contributed by atoms with Gasteiger partial charge in [-0.25, -0.2) is 8.78 Å². The molecule has 100 valence electrons. The molecule has 0 radical (unpaired) electrons. The van der Waals surface area contributed by atoms with Gasteiger partial charge in [-0.1, -0.05) is 0 Å². The van der Waals surface area contributed by atoms with E-state index in [0.717, 1.165) is 25.9 Å². The molecule has 1 heterocycles. The molecule has 1 unspecified atom stereocenters. The van der Waals surface area contributed by atoms with Crippen LogP contribution < -0.4 is 0 Å². The molecular weight excluding hydrogens is 240 g/mol. The summed E-state index contributed by atoms with van der Waals surface area (Å²) in [5, 5.41) is 9.03. The maximum Gasteiger partial charge on any atom is 0.187 e. The van der Waals surface area contributed by atoms with Crippen molar-refractivity contribution in [3.05, 3.63) is 29.3 Å². The molecule has 1 aliphatic rings. The van der Waals surface area contributed by atoms with E-state index in [9.17, 15) is 8.78 Å². The van der Waals surface area contributed by atoms with Gasteiger partial charge in [0.05, 0.1) is 6.10 Å². The summed E-state index contributed by atoms with van der Waals surface area (Å²) in [4.78, 5) is 2.10. The van der Waals surface area contributed by atoms with Crippen LogP contribution in [-0.2, 0) is 11.3 Å². The first-order valence-corrected chi connectivity index (χ1v) is 6.02. The van der Waals surface area contributed by atoms with E-state index in [0.29, 0.717) is 12.1 Å². The van der Waals surface area contributed by atoms with Crippen molar-refractivity contribution in [1.82, 2.24) is 4.90 Å². The Kier molecular flexibility index (Phi) is 4.14. The van der Waals surface area contributed by atoms with E-state index in [1.807, 2.05) is 0 Å². The van der Waals surface area contributed by atoms with E-state index in [2.05, 4.69) is 4.90 Å². The van der Waals surface area contributed by atoms with Crippen LogP contribution in [0.1, 0.15) is 18.4 Å². The van der Waals surface area contributed by atoms with Gasteiger partial charge in [-0.3, -0.25) is 4.90 Å². The molecule has 3 nitrogen and oxygen atoms in total. The minimum Gasteiger partial charge on any atom is -0.503 e. The number of aromatic hydroxyl groups is 1. The highest BCUT2D eigenvalue weighted by molar-refractivity contribution is 5.30. The summed E-state index contributed by atoms with van der Waals surface area (Å²) >= 11 is 0. The first-order valence-electron chi connectivity index (χ1n) is 6.02. The van der Waals surface area contributed by atoms with E-state index in [1.54, 1.807) is 7.11 Å². The fourth-order valence-electron chi connectivity index (χ4n) is 2.32. The number of likely N-dealkylation sites (tertiary alicyclic amines) is 1. The Morgan fingerprint density at radius 2 is 2.06 bits per heavy atom. The lowest BCUT2D eigenvalue weighted by Crippen LogP contribution is -2.38. The molecule has 0 aliphatic carbocycles. The minimum absolute atomic E-state index is 0.186. The molecule has 0 bridgehead atoms. The van der Waals surface area contributed by atoms with Crippen LogP contribution in [0.15, 0.2) is 12.1 Å². The van der Waals surface area contributed by atoms with Crippen molar-refractivity contribution in [2.24, 2.45) is 0 Å². The predicted octanol–water partition coefficient (Wildman–Crippen LogP) is 2.28. The highest BCUT2D eigenvalue weighted by Crippen LogP contribution is 2.23.